The van der Waals surface area contributed by atoms with E-state index < -0.39 is 53.0 Å². The van der Waals surface area contributed by atoms with Crippen molar-refractivity contribution < 1.29 is 81.4 Å². The van der Waals surface area contributed by atoms with E-state index in [9.17, 15) is 67.9 Å². The fraction of sp³-hybridized carbons (Fsp3) is 0.391. The number of primary amides is 2. The maximum Gasteiger partial charge on any atom is 0.419 e. The van der Waals surface area contributed by atoms with Crippen LogP contribution in [0.1, 0.15) is 197 Å². The molecule has 9 aromatic rings. The number of rotatable bonds is 28. The molecule has 6 heterocycles. The minimum atomic E-state index is -4.63. The number of hydrogen-bond donors (Lipinski definition) is 3. The summed E-state index contributed by atoms with van der Waals surface area (Å²) in [4.78, 5) is 84.1. The standard InChI is InChI=1S/C29H29BF4N3O3.C28H28BF4N4O2.C27H28F4N4O.3CH4/c1-40-28(39)16-22-5-3-2-4-20(22)7-9-26-24(29(32,33)34)17-35-27(36-26)15-19-6-8-23(25(31)14-19)21-10-12-37(13-11-21)30-18-38;30-24-13-18(5-7-22(24)20-9-11-37(12-10-20)29-17-38)14-27-35-16-23(28(31,32)33)25(36-27)8-6-19-3-1-2-4-21(19)15-26(34)39;28-23-13-17(5-7-21(23)19-9-11-33-12-10-19)14-26-34-16-22(27(29,30)31)24(35-26)8-6-18-3-1-2-4-20(18)15-25(32)36;;;/h2-6,8,14,17-18,21H,7,9-13,15-16H2,1H3;1-5,7,13,16-17,20H,6,8-12,14-15H2,(H2,34,39);1-5,7,13,16,19,33H,6,8-12,14-15H2,(H2,32,36);3*1H4. The second-order valence-corrected chi connectivity index (χ2v) is 28.6. The third-order valence-corrected chi connectivity index (χ3v) is 20.8. The molecule has 2 radical (unpaired) electrons. The Morgan fingerprint density at radius 1 is 0.441 bits per heavy atom. The van der Waals surface area contributed by atoms with Gasteiger partial charge >= 0.3 is 24.5 Å². The summed E-state index contributed by atoms with van der Waals surface area (Å²) in [6, 6.07) is 35.7. The number of nitrogens with zero attached hydrogens (tertiary/aromatic N) is 8. The van der Waals surface area contributed by atoms with Gasteiger partial charge in [-0.2, -0.15) is 39.5 Å². The minimum Gasteiger partial charge on any atom is -0.469 e. The van der Waals surface area contributed by atoms with Gasteiger partial charge in [0.1, 0.15) is 34.9 Å². The van der Waals surface area contributed by atoms with Crippen molar-refractivity contribution >= 4 is 45.0 Å². The normalized spacial score (nSPS) is 14.3. The Labute approximate surface area is 681 Å². The molecule has 5 N–H and O–H groups in total. The number of aromatic nitrogens is 6. The summed E-state index contributed by atoms with van der Waals surface area (Å²) < 4.78 is 173. The summed E-state index contributed by atoms with van der Waals surface area (Å²) in [5.41, 5.74) is 15.2. The van der Waals surface area contributed by atoms with Crippen molar-refractivity contribution in [3.8, 4) is 0 Å². The number of ether oxygens (including phenoxy) is 1. The summed E-state index contributed by atoms with van der Waals surface area (Å²) in [6.07, 6.45) is -4.44. The van der Waals surface area contributed by atoms with Gasteiger partial charge in [-0.25, -0.2) is 43.1 Å². The van der Waals surface area contributed by atoms with Crippen LogP contribution in [0.2, 0.25) is 0 Å². The fourth-order valence-electron chi connectivity index (χ4n) is 14.8. The van der Waals surface area contributed by atoms with Crippen LogP contribution in [-0.2, 0) is 124 Å². The average Bonchev–Trinajstić information content (AvgIpc) is 0.814. The molecule has 0 bridgehead atoms. The second-order valence-electron chi connectivity index (χ2n) is 28.6. The molecule has 12 rings (SSSR count). The van der Waals surface area contributed by atoms with E-state index in [0.29, 0.717) is 89.1 Å². The van der Waals surface area contributed by atoms with Crippen LogP contribution in [0.4, 0.5) is 52.7 Å². The van der Waals surface area contributed by atoms with Crippen molar-refractivity contribution in [1.82, 2.24) is 44.8 Å². The number of aryl methyl sites for hydroxylation is 6. The van der Waals surface area contributed by atoms with E-state index >= 15 is 8.78 Å². The lowest BCUT2D eigenvalue weighted by Crippen LogP contribution is -2.36. The van der Waals surface area contributed by atoms with Crippen molar-refractivity contribution in [1.29, 1.82) is 0 Å². The van der Waals surface area contributed by atoms with Gasteiger partial charge in [-0.3, -0.25) is 14.4 Å². The molecular weight excluding hydrogens is 1540 g/mol. The number of nitrogens with one attached hydrogen (secondary N) is 1. The zero-order chi connectivity index (χ0) is 82.4. The molecule has 118 heavy (non-hydrogen) atoms. The molecular formula is C87H97B2F12N11O6. The summed E-state index contributed by atoms with van der Waals surface area (Å²) in [5, 5.41) is 3.26. The first-order valence-corrected chi connectivity index (χ1v) is 37.7. The molecule has 626 valence electrons. The maximum absolute atomic E-state index is 15.0. The van der Waals surface area contributed by atoms with Crippen LogP contribution in [0, 0.1) is 17.5 Å². The number of methoxy groups -OCH3 is 1. The Balaban J connectivity index is 0.000000242. The molecule has 17 nitrogen and oxygen atoms in total. The quantitative estimate of drug-likeness (QED) is 0.0179. The number of amides is 2. The number of nitrogens with two attached hydrogens (primary N) is 2. The Kier molecular flexibility index (Phi) is 35.5. The summed E-state index contributed by atoms with van der Waals surface area (Å²) >= 11 is 0. The van der Waals surface area contributed by atoms with E-state index in [-0.39, 0.29) is 169 Å². The van der Waals surface area contributed by atoms with Gasteiger partial charge in [-0.05, 0) is 219 Å². The number of esters is 1. The van der Waals surface area contributed by atoms with Gasteiger partial charge in [0.25, 0.3) is 14.8 Å². The zero-order valence-electron chi connectivity index (χ0n) is 63.1. The van der Waals surface area contributed by atoms with Gasteiger partial charge in [0.15, 0.2) is 0 Å². The van der Waals surface area contributed by atoms with E-state index in [1.54, 1.807) is 109 Å². The summed E-state index contributed by atoms with van der Waals surface area (Å²) in [5.74, 6) is -1.79. The summed E-state index contributed by atoms with van der Waals surface area (Å²) in [6.45, 7) is 4.36. The van der Waals surface area contributed by atoms with Crippen LogP contribution >= 0.6 is 0 Å². The van der Waals surface area contributed by atoms with Crippen molar-refractivity contribution in [2.75, 3.05) is 46.4 Å². The summed E-state index contributed by atoms with van der Waals surface area (Å²) in [7, 11) is 4.27. The van der Waals surface area contributed by atoms with Crippen molar-refractivity contribution in [3.05, 3.63) is 281 Å². The van der Waals surface area contributed by atoms with Crippen molar-refractivity contribution in [2.24, 2.45) is 11.5 Å². The highest BCUT2D eigenvalue weighted by Gasteiger charge is 2.38. The molecule has 2 amide bonds. The van der Waals surface area contributed by atoms with Gasteiger partial charge < -0.3 is 40.7 Å². The van der Waals surface area contributed by atoms with Gasteiger partial charge in [0, 0.05) is 37.9 Å². The first-order valence-electron chi connectivity index (χ1n) is 37.7. The molecule has 0 aliphatic carbocycles. The smallest absolute Gasteiger partial charge is 0.419 e. The van der Waals surface area contributed by atoms with Crippen LogP contribution in [0.5, 0.6) is 0 Å². The minimum absolute atomic E-state index is 0. The molecule has 0 atom stereocenters. The van der Waals surface area contributed by atoms with E-state index in [4.69, 9.17) is 16.2 Å². The first kappa shape index (κ1) is 94.6. The van der Waals surface area contributed by atoms with Gasteiger partial charge in [0.05, 0.1) is 72.5 Å². The van der Waals surface area contributed by atoms with Crippen molar-refractivity contribution in [3.63, 3.8) is 0 Å². The predicted molar refractivity (Wildman–Crippen MR) is 429 cm³/mol. The lowest BCUT2D eigenvalue weighted by Gasteiger charge is -2.31. The van der Waals surface area contributed by atoms with E-state index in [0.717, 1.165) is 86.4 Å². The number of carbonyl (C=O) groups is 5. The molecule has 0 unspecified atom stereocenters. The Morgan fingerprint density at radius 3 is 1.00 bits per heavy atom. The number of piperidine rings is 3. The molecule has 0 saturated carbocycles. The van der Waals surface area contributed by atoms with Crippen LogP contribution < -0.4 is 16.8 Å². The molecule has 31 heteroatoms. The Hall–Kier alpha value is -10.5. The van der Waals surface area contributed by atoms with Crippen molar-refractivity contribution in [2.45, 2.75) is 174 Å². The molecule has 0 spiro atoms. The van der Waals surface area contributed by atoms with Crippen LogP contribution in [0.25, 0.3) is 0 Å². The van der Waals surface area contributed by atoms with Gasteiger partial charge in [-0.15, -0.1) is 0 Å². The first-order chi connectivity index (χ1) is 55.0. The molecule has 3 saturated heterocycles. The van der Waals surface area contributed by atoms with E-state index in [2.05, 4.69) is 35.2 Å². The number of carbonyl (C=O) groups excluding carboxylic acids is 5. The number of alkyl halides is 9. The van der Waals surface area contributed by atoms with Gasteiger partial charge in [0.2, 0.25) is 11.8 Å². The average molecular weight is 1640 g/mol. The van der Waals surface area contributed by atoms with E-state index in [1.807, 2.05) is 9.62 Å². The van der Waals surface area contributed by atoms with Crippen LogP contribution in [0.3, 0.4) is 0 Å². The molecule has 3 aromatic heterocycles. The monoisotopic (exact) mass is 1640 g/mol. The predicted octanol–water partition coefficient (Wildman–Crippen LogP) is 15.2. The topological polar surface area (TPSA) is 242 Å². The molecule has 6 aromatic carbocycles. The zero-order valence-corrected chi connectivity index (χ0v) is 63.1. The van der Waals surface area contributed by atoms with E-state index in [1.165, 1.54) is 40.1 Å². The van der Waals surface area contributed by atoms with Crippen LogP contribution in [-0.4, -0.2) is 131 Å². The highest BCUT2D eigenvalue weighted by molar-refractivity contribution is 6.64. The second kappa shape index (κ2) is 44.3. The highest BCUT2D eigenvalue weighted by Crippen LogP contribution is 2.38. The van der Waals surface area contributed by atoms with Crippen LogP contribution in [0.15, 0.2) is 146 Å². The largest absolute Gasteiger partial charge is 0.469 e. The third kappa shape index (κ3) is 27.3. The molecule has 3 aliphatic heterocycles. The molecule has 3 fully saturated rings. The molecule has 3 aliphatic rings. The number of hydrogen-bond acceptors (Lipinski definition) is 15. The highest BCUT2D eigenvalue weighted by atomic mass is 19.4. The fourth-order valence-corrected chi connectivity index (χ4v) is 14.8. The van der Waals surface area contributed by atoms with Gasteiger partial charge in [-0.1, -0.05) is 131 Å². The number of benzene rings is 6. The lowest BCUT2D eigenvalue weighted by atomic mass is 9.83. The number of halogens is 12. The SMILES string of the molecule is C.C.C.COC(=O)Cc1ccccc1CCc1nc(Cc2ccc(C3CCN([B]C=O)CC3)c(F)c2)ncc1C(F)(F)F.NC(=O)Cc1ccccc1CCc1nc(Cc2ccc(C3CCN([B]C=O)CC3)c(F)c2)ncc1C(F)(F)F.NC(=O)Cc1ccccc1CCc1nc(Cc2ccc(C3CCNCC3)c(F)c2)ncc1C(F)(F)F. The lowest BCUT2D eigenvalue weighted by molar-refractivity contribution is -0.140. The third-order valence-electron chi connectivity index (χ3n) is 20.8. The Morgan fingerprint density at radius 2 is 0.729 bits per heavy atom. The Bertz CT molecular complexity index is 4840. The maximum atomic E-state index is 15.0.